The third-order valence-electron chi connectivity index (χ3n) is 5.83. The van der Waals surface area contributed by atoms with Crippen LogP contribution in [-0.4, -0.2) is 56.5 Å². The molecular weight excluding hydrogens is 462 g/mol. The van der Waals surface area contributed by atoms with Gasteiger partial charge in [0.05, 0.1) is 29.4 Å². The molecule has 0 spiro atoms. The van der Waals surface area contributed by atoms with Crippen molar-refractivity contribution >= 4 is 40.4 Å². The van der Waals surface area contributed by atoms with Gasteiger partial charge in [-0.05, 0) is 43.7 Å². The number of ether oxygens (including phenoxy) is 1. The zero-order valence-electron chi connectivity index (χ0n) is 19.5. The highest BCUT2D eigenvalue weighted by Crippen LogP contribution is 2.26. The molecule has 180 valence electrons. The molecule has 1 N–H and O–H groups in total. The average Bonchev–Trinajstić information content (AvgIpc) is 3.39. The Morgan fingerprint density at radius 3 is 2.36 bits per heavy atom. The Kier molecular flexibility index (Phi) is 5.77. The fraction of sp³-hybridized carbons (Fsp3) is 0.154. The van der Waals surface area contributed by atoms with E-state index in [0.29, 0.717) is 11.3 Å². The number of benzene rings is 2. The zero-order valence-corrected chi connectivity index (χ0v) is 19.5. The van der Waals surface area contributed by atoms with Gasteiger partial charge < -0.3 is 10.1 Å². The average molecular weight is 483 g/mol. The minimum absolute atomic E-state index is 0.0140. The van der Waals surface area contributed by atoms with E-state index in [-0.39, 0.29) is 29.1 Å². The molecule has 1 aliphatic heterocycles. The summed E-state index contributed by atoms with van der Waals surface area (Å²) in [6.07, 6.45) is 1.28. The number of imide groups is 1. The lowest BCUT2D eigenvalue weighted by atomic mass is 10.1. The summed E-state index contributed by atoms with van der Waals surface area (Å²) >= 11 is 0. The number of para-hydroxylation sites is 1. The highest BCUT2D eigenvalue weighted by molar-refractivity contribution is 6.22. The van der Waals surface area contributed by atoms with Gasteiger partial charge in [0, 0.05) is 5.39 Å². The van der Waals surface area contributed by atoms with Gasteiger partial charge in [-0.15, -0.1) is 0 Å². The number of fused-ring (bicyclic) bond motifs is 2. The standard InChI is InChI=1S/C26H21N5O5/c1-3-36-26(35)19-13-27-31(21-12-15(2)16-8-6-7-11-20(16)28-21)23(19)29-22(32)14-30-24(33)17-9-4-5-10-18(17)25(30)34/h4-13H,3,14H2,1-2H3,(H,29,32). The molecule has 10 nitrogen and oxygen atoms in total. The molecule has 0 unspecified atom stereocenters. The third kappa shape index (κ3) is 3.88. The number of rotatable bonds is 6. The van der Waals surface area contributed by atoms with Crippen LogP contribution in [0.2, 0.25) is 0 Å². The molecule has 0 atom stereocenters. The van der Waals surface area contributed by atoms with E-state index in [0.717, 1.165) is 15.8 Å². The molecular formula is C26H21N5O5. The van der Waals surface area contributed by atoms with Crippen molar-refractivity contribution in [2.75, 3.05) is 18.5 Å². The summed E-state index contributed by atoms with van der Waals surface area (Å²) in [5.41, 5.74) is 2.13. The quantitative estimate of drug-likeness (QED) is 0.330. The molecule has 10 heteroatoms. The van der Waals surface area contributed by atoms with Crippen LogP contribution in [0, 0.1) is 6.92 Å². The normalized spacial score (nSPS) is 12.7. The fourth-order valence-electron chi connectivity index (χ4n) is 4.14. The number of carbonyl (C=O) groups excluding carboxylic acids is 4. The third-order valence-corrected chi connectivity index (χ3v) is 5.83. The first-order chi connectivity index (χ1) is 17.4. The summed E-state index contributed by atoms with van der Waals surface area (Å²) in [5, 5.41) is 7.86. The van der Waals surface area contributed by atoms with E-state index in [1.54, 1.807) is 25.1 Å². The van der Waals surface area contributed by atoms with E-state index in [1.807, 2.05) is 31.2 Å². The number of anilines is 1. The van der Waals surface area contributed by atoms with E-state index in [9.17, 15) is 19.2 Å². The lowest BCUT2D eigenvalue weighted by Gasteiger charge is -2.15. The maximum atomic E-state index is 13.0. The van der Waals surface area contributed by atoms with Crippen LogP contribution in [0.15, 0.2) is 60.8 Å². The largest absolute Gasteiger partial charge is 0.462 e. The predicted octanol–water partition coefficient (Wildman–Crippen LogP) is 3.14. The summed E-state index contributed by atoms with van der Waals surface area (Å²) in [6.45, 7) is 3.17. The van der Waals surface area contributed by atoms with E-state index >= 15 is 0 Å². The van der Waals surface area contributed by atoms with Crippen LogP contribution in [0.3, 0.4) is 0 Å². The Balaban J connectivity index is 1.49. The Labute approximate surface area is 205 Å². The maximum Gasteiger partial charge on any atom is 0.343 e. The number of aromatic nitrogens is 3. The molecule has 0 radical (unpaired) electrons. The topological polar surface area (TPSA) is 123 Å². The molecule has 0 saturated heterocycles. The summed E-state index contributed by atoms with van der Waals surface area (Å²) in [4.78, 5) is 56.5. The second-order valence-corrected chi connectivity index (χ2v) is 8.14. The number of nitrogens with one attached hydrogen (secondary N) is 1. The van der Waals surface area contributed by atoms with Gasteiger partial charge in [-0.3, -0.25) is 19.3 Å². The van der Waals surface area contributed by atoms with Crippen LogP contribution in [0.25, 0.3) is 16.7 Å². The summed E-state index contributed by atoms with van der Waals surface area (Å²) in [7, 11) is 0. The van der Waals surface area contributed by atoms with Gasteiger partial charge in [0.1, 0.15) is 12.1 Å². The number of nitrogens with zero attached hydrogens (tertiary/aromatic N) is 4. The summed E-state index contributed by atoms with van der Waals surface area (Å²) in [5.74, 6) is -2.09. The number of carbonyl (C=O) groups is 4. The van der Waals surface area contributed by atoms with Gasteiger partial charge in [-0.25, -0.2) is 9.78 Å². The van der Waals surface area contributed by atoms with Gasteiger partial charge in [0.2, 0.25) is 5.91 Å². The first-order valence-electron chi connectivity index (χ1n) is 11.3. The minimum atomic E-state index is -0.686. The molecule has 3 heterocycles. The van der Waals surface area contributed by atoms with Gasteiger partial charge >= 0.3 is 5.97 Å². The lowest BCUT2D eigenvalue weighted by molar-refractivity contribution is -0.116. The molecule has 0 aliphatic carbocycles. The molecule has 0 fully saturated rings. The fourth-order valence-corrected chi connectivity index (χ4v) is 4.14. The van der Waals surface area contributed by atoms with Crippen LogP contribution in [0.5, 0.6) is 0 Å². The number of hydrogen-bond acceptors (Lipinski definition) is 7. The number of aryl methyl sites for hydroxylation is 1. The maximum absolute atomic E-state index is 13.0. The van der Waals surface area contributed by atoms with E-state index in [4.69, 9.17) is 4.74 Å². The molecule has 2 aromatic carbocycles. The van der Waals surface area contributed by atoms with Crippen molar-refractivity contribution < 1.29 is 23.9 Å². The second-order valence-electron chi connectivity index (χ2n) is 8.14. The molecule has 4 aromatic rings. The number of esters is 1. The van der Waals surface area contributed by atoms with Gasteiger partial charge in [0.15, 0.2) is 11.6 Å². The molecule has 0 bridgehead atoms. The minimum Gasteiger partial charge on any atom is -0.462 e. The van der Waals surface area contributed by atoms with E-state index < -0.39 is 30.2 Å². The molecule has 2 aromatic heterocycles. The van der Waals surface area contributed by atoms with Crippen LogP contribution in [0.4, 0.5) is 5.82 Å². The number of hydrogen-bond donors (Lipinski definition) is 1. The van der Waals surface area contributed by atoms with Gasteiger partial charge in [0.25, 0.3) is 11.8 Å². The molecule has 0 saturated carbocycles. The van der Waals surface area contributed by atoms with Crippen molar-refractivity contribution in [3.05, 3.63) is 83.0 Å². The molecule has 5 rings (SSSR count). The van der Waals surface area contributed by atoms with Crippen molar-refractivity contribution in [2.45, 2.75) is 13.8 Å². The monoisotopic (exact) mass is 483 g/mol. The van der Waals surface area contributed by atoms with Crippen LogP contribution in [-0.2, 0) is 9.53 Å². The molecule has 1 aliphatic rings. The molecule has 3 amide bonds. The Hall–Kier alpha value is -4.86. The highest BCUT2D eigenvalue weighted by Gasteiger charge is 2.36. The van der Waals surface area contributed by atoms with Crippen molar-refractivity contribution in [3.63, 3.8) is 0 Å². The predicted molar refractivity (Wildman–Crippen MR) is 130 cm³/mol. The first-order valence-corrected chi connectivity index (χ1v) is 11.3. The van der Waals surface area contributed by atoms with Crippen molar-refractivity contribution in [1.82, 2.24) is 19.7 Å². The smallest absolute Gasteiger partial charge is 0.343 e. The van der Waals surface area contributed by atoms with Crippen molar-refractivity contribution in [3.8, 4) is 5.82 Å². The van der Waals surface area contributed by atoms with Crippen molar-refractivity contribution in [1.29, 1.82) is 0 Å². The SMILES string of the molecule is CCOC(=O)c1cnn(-c2cc(C)c3ccccc3n2)c1NC(=O)CN1C(=O)c2ccccc2C1=O. The number of amides is 3. The lowest BCUT2D eigenvalue weighted by Crippen LogP contribution is -2.37. The second kappa shape index (κ2) is 9.06. The summed E-state index contributed by atoms with van der Waals surface area (Å²) < 4.78 is 6.45. The van der Waals surface area contributed by atoms with E-state index in [1.165, 1.54) is 23.0 Å². The Bertz CT molecular complexity index is 1520. The Morgan fingerprint density at radius 1 is 1.00 bits per heavy atom. The first kappa shape index (κ1) is 22.9. The highest BCUT2D eigenvalue weighted by atomic mass is 16.5. The number of pyridine rings is 1. The van der Waals surface area contributed by atoms with Crippen LogP contribution < -0.4 is 5.32 Å². The Morgan fingerprint density at radius 2 is 1.67 bits per heavy atom. The van der Waals surface area contributed by atoms with Gasteiger partial charge in [-0.1, -0.05) is 30.3 Å². The van der Waals surface area contributed by atoms with E-state index in [2.05, 4.69) is 15.4 Å². The van der Waals surface area contributed by atoms with Crippen molar-refractivity contribution in [2.24, 2.45) is 0 Å². The summed E-state index contributed by atoms with van der Waals surface area (Å²) in [6, 6.07) is 15.7. The van der Waals surface area contributed by atoms with Crippen LogP contribution in [0.1, 0.15) is 43.6 Å². The molecule has 36 heavy (non-hydrogen) atoms. The van der Waals surface area contributed by atoms with Gasteiger partial charge in [-0.2, -0.15) is 9.78 Å². The van der Waals surface area contributed by atoms with Crippen LogP contribution >= 0.6 is 0 Å². The zero-order chi connectivity index (χ0) is 25.4.